The highest BCUT2D eigenvalue weighted by Gasteiger charge is 2.56. The Kier molecular flexibility index (Phi) is 6.90. The first kappa shape index (κ1) is 25.7. The van der Waals surface area contributed by atoms with E-state index in [2.05, 4.69) is 5.32 Å². The van der Waals surface area contributed by atoms with Gasteiger partial charge in [-0.05, 0) is 29.3 Å². The third-order valence-corrected chi connectivity index (χ3v) is 6.04. The van der Waals surface area contributed by atoms with Gasteiger partial charge in [-0.2, -0.15) is 13.2 Å². The molecule has 0 bridgehead atoms. The molecule has 4 rings (SSSR count). The van der Waals surface area contributed by atoms with E-state index in [0.29, 0.717) is 5.56 Å². The number of hydrogen-bond acceptors (Lipinski definition) is 5. The highest BCUT2D eigenvalue weighted by atomic mass is 19.4. The number of benzene rings is 3. The number of aromatic nitrogens is 1. The van der Waals surface area contributed by atoms with E-state index in [1.807, 2.05) is 0 Å². The summed E-state index contributed by atoms with van der Waals surface area (Å²) in [4.78, 5) is 21.6. The number of carboxylic acids is 1. The Hall–Kier alpha value is -4.38. The number of rotatable bonds is 9. The van der Waals surface area contributed by atoms with Crippen molar-refractivity contribution in [3.05, 3.63) is 106 Å². The van der Waals surface area contributed by atoms with Crippen molar-refractivity contribution in [2.24, 2.45) is 0 Å². The molecular weight excluding hydrogens is 491 g/mol. The Morgan fingerprint density at radius 3 is 2.27 bits per heavy atom. The van der Waals surface area contributed by atoms with Crippen LogP contribution in [-0.2, 0) is 23.4 Å². The maximum Gasteiger partial charge on any atom is 0.423 e. The molecule has 0 saturated carbocycles. The number of carbonyl (C=O) groups is 1. The minimum atomic E-state index is -5.10. The molecule has 1 atom stereocenters. The van der Waals surface area contributed by atoms with Gasteiger partial charge in [0.2, 0.25) is 5.60 Å². The van der Waals surface area contributed by atoms with Gasteiger partial charge in [0.05, 0.1) is 23.4 Å². The highest BCUT2D eigenvalue weighted by Crippen LogP contribution is 2.43. The molecule has 1 aromatic heterocycles. The Bertz CT molecular complexity index is 1440. The number of nitro groups is 1. The average molecular weight is 513 g/mol. The second-order valence-electron chi connectivity index (χ2n) is 8.59. The molecule has 8 nitrogen and oxygen atoms in total. The third kappa shape index (κ3) is 5.41. The van der Waals surface area contributed by atoms with Crippen molar-refractivity contribution in [1.29, 1.82) is 0 Å². The summed E-state index contributed by atoms with van der Waals surface area (Å²) in [5.41, 5.74) is -2.43. The summed E-state index contributed by atoms with van der Waals surface area (Å²) in [7, 11) is 0. The number of anilines is 1. The number of carboxylic acid groups (broad SMARTS) is 1. The van der Waals surface area contributed by atoms with Gasteiger partial charge in [0.1, 0.15) is 0 Å². The van der Waals surface area contributed by atoms with Crippen LogP contribution in [0, 0.1) is 10.1 Å². The first-order chi connectivity index (χ1) is 17.5. The van der Waals surface area contributed by atoms with E-state index in [4.69, 9.17) is 5.11 Å². The Balaban J connectivity index is 1.75. The van der Waals surface area contributed by atoms with Crippen LogP contribution in [0.25, 0.3) is 10.9 Å². The molecular formula is C26H22F3N3O5. The number of aliphatic hydroxyl groups is 1. The van der Waals surface area contributed by atoms with Crippen molar-refractivity contribution in [1.82, 2.24) is 4.57 Å². The van der Waals surface area contributed by atoms with Crippen LogP contribution in [0.15, 0.2) is 79.0 Å². The summed E-state index contributed by atoms with van der Waals surface area (Å²) in [5, 5.41) is 33.9. The first-order valence-corrected chi connectivity index (χ1v) is 11.1. The molecule has 3 aromatic carbocycles. The van der Waals surface area contributed by atoms with E-state index >= 15 is 0 Å². The second kappa shape index (κ2) is 9.94. The quantitative estimate of drug-likeness (QED) is 0.212. The smallest absolute Gasteiger partial charge is 0.423 e. The molecule has 1 unspecified atom stereocenters. The van der Waals surface area contributed by atoms with Crippen LogP contribution < -0.4 is 5.32 Å². The summed E-state index contributed by atoms with van der Waals surface area (Å²) in [6, 6.07) is 18.2. The fourth-order valence-electron chi connectivity index (χ4n) is 4.13. The SMILES string of the molecule is O=C(O)Cc1ccc(NCC(O)(c2cn(Cc3ccccc3)c3cc([N+](=O)[O-])ccc23)C(F)(F)F)cc1. The highest BCUT2D eigenvalue weighted by molar-refractivity contribution is 5.87. The molecule has 0 aliphatic heterocycles. The van der Waals surface area contributed by atoms with Gasteiger partial charge >= 0.3 is 12.1 Å². The maximum atomic E-state index is 14.4. The fourth-order valence-corrected chi connectivity index (χ4v) is 4.13. The average Bonchev–Trinajstić information content (AvgIpc) is 3.21. The summed E-state index contributed by atoms with van der Waals surface area (Å²) in [5.74, 6) is -1.04. The predicted octanol–water partition coefficient (Wildman–Crippen LogP) is 5.09. The van der Waals surface area contributed by atoms with Crippen molar-refractivity contribution < 1.29 is 33.1 Å². The van der Waals surface area contributed by atoms with E-state index in [1.165, 1.54) is 47.2 Å². The molecule has 0 saturated heterocycles. The number of nitrogens with one attached hydrogen (secondary N) is 1. The third-order valence-electron chi connectivity index (χ3n) is 6.04. The van der Waals surface area contributed by atoms with Crippen molar-refractivity contribution in [3.8, 4) is 0 Å². The number of alkyl halides is 3. The van der Waals surface area contributed by atoms with Gasteiger partial charge in [0, 0.05) is 41.5 Å². The number of halogens is 3. The van der Waals surface area contributed by atoms with E-state index in [0.717, 1.165) is 11.6 Å². The molecule has 37 heavy (non-hydrogen) atoms. The van der Waals surface area contributed by atoms with Gasteiger partial charge < -0.3 is 20.1 Å². The molecule has 0 aliphatic carbocycles. The van der Waals surface area contributed by atoms with Gasteiger partial charge in [-0.3, -0.25) is 14.9 Å². The molecule has 192 valence electrons. The zero-order chi connectivity index (χ0) is 26.8. The van der Waals surface area contributed by atoms with Gasteiger partial charge in [-0.15, -0.1) is 0 Å². The van der Waals surface area contributed by atoms with Crippen LogP contribution >= 0.6 is 0 Å². The van der Waals surface area contributed by atoms with E-state index < -0.39 is 34.8 Å². The number of non-ortho nitro benzene ring substituents is 1. The number of aliphatic carboxylic acids is 1. The fraction of sp³-hybridized carbons (Fsp3) is 0.192. The number of fused-ring (bicyclic) bond motifs is 1. The Morgan fingerprint density at radius 1 is 1.00 bits per heavy atom. The molecule has 11 heteroatoms. The number of nitro benzene ring substituents is 1. The zero-order valence-corrected chi connectivity index (χ0v) is 19.3. The van der Waals surface area contributed by atoms with Gasteiger partial charge in [0.25, 0.3) is 5.69 Å². The van der Waals surface area contributed by atoms with Gasteiger partial charge in [-0.1, -0.05) is 42.5 Å². The summed E-state index contributed by atoms with van der Waals surface area (Å²) in [6.45, 7) is -0.818. The molecule has 4 aromatic rings. The predicted molar refractivity (Wildman–Crippen MR) is 130 cm³/mol. The summed E-state index contributed by atoms with van der Waals surface area (Å²) in [6.07, 6.45) is -4.16. The Morgan fingerprint density at radius 2 is 1.68 bits per heavy atom. The van der Waals surface area contributed by atoms with Gasteiger partial charge in [-0.25, -0.2) is 0 Å². The molecule has 0 aliphatic rings. The number of hydrogen-bond donors (Lipinski definition) is 3. The van der Waals surface area contributed by atoms with E-state index in [1.54, 1.807) is 30.3 Å². The standard InChI is InChI=1S/C26H22F3N3O5/c27-26(28,29)25(35,16-30-19-8-6-17(7-9-19)12-24(33)34)22-15-31(14-18-4-2-1-3-5-18)23-13-20(32(36)37)10-11-21(22)23/h1-11,13,15,30,35H,12,14,16H2,(H,33,34). The lowest BCUT2D eigenvalue weighted by atomic mass is 9.92. The van der Waals surface area contributed by atoms with Crippen LogP contribution in [-0.4, -0.2) is 38.4 Å². The normalized spacial score (nSPS) is 13.3. The molecule has 0 spiro atoms. The van der Waals surface area contributed by atoms with Gasteiger partial charge in [0.15, 0.2) is 0 Å². The molecule has 0 radical (unpaired) electrons. The summed E-state index contributed by atoms with van der Waals surface area (Å²) >= 11 is 0. The van der Waals surface area contributed by atoms with Crippen molar-refractivity contribution in [2.45, 2.75) is 24.7 Å². The van der Waals surface area contributed by atoms with Crippen molar-refractivity contribution in [2.75, 3.05) is 11.9 Å². The van der Waals surface area contributed by atoms with Crippen LogP contribution in [0.1, 0.15) is 16.7 Å². The Labute approximate surface area is 208 Å². The lowest BCUT2D eigenvalue weighted by Crippen LogP contribution is -2.47. The lowest BCUT2D eigenvalue weighted by Gasteiger charge is -2.31. The van der Waals surface area contributed by atoms with Crippen LogP contribution in [0.2, 0.25) is 0 Å². The minimum absolute atomic E-state index is 0.0277. The topological polar surface area (TPSA) is 118 Å². The minimum Gasteiger partial charge on any atom is -0.481 e. The second-order valence-corrected chi connectivity index (χ2v) is 8.59. The molecule has 0 amide bonds. The summed E-state index contributed by atoms with van der Waals surface area (Å²) < 4.78 is 44.6. The molecule has 1 heterocycles. The monoisotopic (exact) mass is 513 g/mol. The molecule has 3 N–H and O–H groups in total. The van der Waals surface area contributed by atoms with Crippen LogP contribution in [0.3, 0.4) is 0 Å². The number of nitrogens with zero attached hydrogens (tertiary/aromatic N) is 2. The van der Waals surface area contributed by atoms with Crippen LogP contribution in [0.5, 0.6) is 0 Å². The molecule has 0 fully saturated rings. The largest absolute Gasteiger partial charge is 0.481 e. The zero-order valence-electron chi connectivity index (χ0n) is 19.3. The van der Waals surface area contributed by atoms with Crippen LogP contribution in [0.4, 0.5) is 24.5 Å². The first-order valence-electron chi connectivity index (χ1n) is 11.1. The van der Waals surface area contributed by atoms with Crippen molar-refractivity contribution >= 4 is 28.2 Å². The lowest BCUT2D eigenvalue weighted by molar-refractivity contribution is -0.384. The maximum absolute atomic E-state index is 14.4. The van der Waals surface area contributed by atoms with E-state index in [9.17, 15) is 33.2 Å². The van der Waals surface area contributed by atoms with Crippen molar-refractivity contribution in [3.63, 3.8) is 0 Å². The van der Waals surface area contributed by atoms with E-state index in [-0.39, 0.29) is 35.2 Å².